The van der Waals surface area contributed by atoms with Gasteiger partial charge in [-0.15, -0.1) is 0 Å². The highest BCUT2D eigenvalue weighted by Gasteiger charge is 2.23. The van der Waals surface area contributed by atoms with Gasteiger partial charge in [0.25, 0.3) is 0 Å². The van der Waals surface area contributed by atoms with E-state index in [0.717, 1.165) is 42.4 Å². The van der Waals surface area contributed by atoms with Crippen LogP contribution >= 0.6 is 0 Å². The SMILES string of the molecule is COc1cc(OC2CCN(c3cccc4c([O])cccc34)CC2)cc(OC)c1OC. The molecule has 6 nitrogen and oxygen atoms in total. The van der Waals surface area contributed by atoms with E-state index in [1.54, 1.807) is 27.4 Å². The molecule has 1 fully saturated rings. The van der Waals surface area contributed by atoms with Crippen LogP contribution in [-0.4, -0.2) is 40.5 Å². The summed E-state index contributed by atoms with van der Waals surface area (Å²) in [6.07, 6.45) is 1.85. The molecule has 0 spiro atoms. The van der Waals surface area contributed by atoms with E-state index in [4.69, 9.17) is 18.9 Å². The van der Waals surface area contributed by atoms with Gasteiger partial charge in [-0.25, -0.2) is 0 Å². The van der Waals surface area contributed by atoms with E-state index in [-0.39, 0.29) is 11.9 Å². The van der Waals surface area contributed by atoms with Crippen molar-refractivity contribution in [3.63, 3.8) is 0 Å². The van der Waals surface area contributed by atoms with Crippen molar-refractivity contribution < 1.29 is 24.1 Å². The van der Waals surface area contributed by atoms with Crippen LogP contribution in [-0.2, 0) is 5.11 Å². The van der Waals surface area contributed by atoms with E-state index in [1.165, 1.54) is 0 Å². The molecule has 6 heteroatoms. The van der Waals surface area contributed by atoms with Crippen LogP contribution in [0, 0.1) is 0 Å². The van der Waals surface area contributed by atoms with Gasteiger partial charge in [0.2, 0.25) is 5.75 Å². The van der Waals surface area contributed by atoms with E-state index < -0.39 is 0 Å². The maximum absolute atomic E-state index is 12.2. The number of piperidine rings is 1. The number of methoxy groups -OCH3 is 3. The number of benzene rings is 3. The molecule has 1 aliphatic rings. The average Bonchev–Trinajstić information content (AvgIpc) is 2.79. The molecular weight excluding hydrogens is 382 g/mol. The Hall–Kier alpha value is -3.28. The molecule has 0 aromatic heterocycles. The molecule has 0 bridgehead atoms. The number of nitrogens with zero attached hydrogens (tertiary/aromatic N) is 1. The number of hydrogen-bond acceptors (Lipinski definition) is 5. The first kappa shape index (κ1) is 20.0. The third kappa shape index (κ3) is 3.77. The van der Waals surface area contributed by atoms with Crippen molar-refractivity contribution in [2.75, 3.05) is 39.3 Å². The molecule has 1 aliphatic heterocycles. The quantitative estimate of drug-likeness (QED) is 0.571. The zero-order valence-electron chi connectivity index (χ0n) is 17.5. The van der Waals surface area contributed by atoms with Gasteiger partial charge in [-0.1, -0.05) is 24.3 Å². The summed E-state index contributed by atoms with van der Waals surface area (Å²) in [6.45, 7) is 1.72. The standard InChI is InChI=1S/C24H26NO5/c1-27-22-14-17(15-23(28-2)24(22)29-3)30-16-10-12-25(13-11-16)20-8-4-7-19-18(20)6-5-9-21(19)26/h4-9,14-16H,10-13H2,1-3H3. The first-order chi connectivity index (χ1) is 14.6. The van der Waals surface area contributed by atoms with Crippen LogP contribution in [0.3, 0.4) is 0 Å². The van der Waals surface area contributed by atoms with Crippen LogP contribution in [0.25, 0.3) is 10.8 Å². The summed E-state index contributed by atoms with van der Waals surface area (Å²) in [5, 5.41) is 13.9. The Morgan fingerprint density at radius 2 is 1.47 bits per heavy atom. The second-order valence-corrected chi connectivity index (χ2v) is 7.29. The molecule has 0 N–H and O–H groups in total. The van der Waals surface area contributed by atoms with Crippen LogP contribution in [0.1, 0.15) is 12.8 Å². The fourth-order valence-electron chi connectivity index (χ4n) is 4.07. The van der Waals surface area contributed by atoms with Gasteiger partial charge in [-0.05, 0) is 12.1 Å². The number of anilines is 1. The Morgan fingerprint density at radius 1 is 0.833 bits per heavy atom. The van der Waals surface area contributed by atoms with Gasteiger partial charge in [-0.3, -0.25) is 5.11 Å². The highest BCUT2D eigenvalue weighted by atomic mass is 16.5. The molecule has 4 rings (SSSR count). The van der Waals surface area contributed by atoms with Crippen LogP contribution in [0.5, 0.6) is 28.7 Å². The van der Waals surface area contributed by atoms with Crippen LogP contribution < -0.4 is 23.8 Å². The van der Waals surface area contributed by atoms with Crippen molar-refractivity contribution in [1.82, 2.24) is 0 Å². The molecule has 0 unspecified atom stereocenters. The predicted octanol–water partition coefficient (Wildman–Crippen LogP) is 5.06. The number of fused-ring (bicyclic) bond motifs is 1. The lowest BCUT2D eigenvalue weighted by atomic mass is 10.0. The highest BCUT2D eigenvalue weighted by Crippen LogP contribution is 2.41. The molecular formula is C24H26NO5. The molecule has 1 heterocycles. The number of hydrogen-bond donors (Lipinski definition) is 0. The Bertz CT molecular complexity index is 1000. The third-order valence-corrected chi connectivity index (χ3v) is 5.58. The van der Waals surface area contributed by atoms with Gasteiger partial charge in [0.1, 0.15) is 11.9 Å². The lowest BCUT2D eigenvalue weighted by molar-refractivity contribution is 0.169. The Labute approximate surface area is 176 Å². The van der Waals surface area contributed by atoms with Crippen molar-refractivity contribution in [3.05, 3.63) is 48.5 Å². The van der Waals surface area contributed by atoms with Crippen LogP contribution in [0.4, 0.5) is 5.69 Å². The molecule has 0 atom stereocenters. The zero-order valence-corrected chi connectivity index (χ0v) is 17.5. The van der Waals surface area contributed by atoms with Gasteiger partial charge in [-0.2, -0.15) is 0 Å². The highest BCUT2D eigenvalue weighted by molar-refractivity contribution is 5.97. The monoisotopic (exact) mass is 408 g/mol. The summed E-state index contributed by atoms with van der Waals surface area (Å²) in [7, 11) is 4.77. The maximum Gasteiger partial charge on any atom is 0.203 e. The average molecular weight is 408 g/mol. The van der Waals surface area contributed by atoms with E-state index in [9.17, 15) is 5.11 Å². The van der Waals surface area contributed by atoms with E-state index in [2.05, 4.69) is 11.0 Å². The Morgan fingerprint density at radius 3 is 2.10 bits per heavy atom. The summed E-state index contributed by atoms with van der Waals surface area (Å²) in [5.74, 6) is 2.47. The minimum atomic E-state index is 0.0648. The van der Waals surface area contributed by atoms with E-state index in [1.807, 2.05) is 36.4 Å². The predicted molar refractivity (Wildman–Crippen MR) is 116 cm³/mol. The summed E-state index contributed by atoms with van der Waals surface area (Å²) in [5.41, 5.74) is 1.11. The van der Waals surface area contributed by atoms with Crippen molar-refractivity contribution in [2.24, 2.45) is 0 Å². The molecule has 30 heavy (non-hydrogen) atoms. The van der Waals surface area contributed by atoms with Crippen molar-refractivity contribution in [1.29, 1.82) is 0 Å². The first-order valence-electron chi connectivity index (χ1n) is 10.0. The third-order valence-electron chi connectivity index (χ3n) is 5.58. The summed E-state index contributed by atoms with van der Waals surface area (Å²) in [4.78, 5) is 2.33. The summed E-state index contributed by atoms with van der Waals surface area (Å²) in [6, 6.07) is 15.0. The largest absolute Gasteiger partial charge is 0.493 e. The smallest absolute Gasteiger partial charge is 0.203 e. The lowest BCUT2D eigenvalue weighted by Gasteiger charge is -2.34. The number of ether oxygens (including phenoxy) is 4. The van der Waals surface area contributed by atoms with Gasteiger partial charge in [0.15, 0.2) is 17.2 Å². The first-order valence-corrected chi connectivity index (χ1v) is 10.0. The topological polar surface area (TPSA) is 60.1 Å². The maximum atomic E-state index is 12.2. The zero-order chi connectivity index (χ0) is 21.1. The molecule has 0 amide bonds. The lowest BCUT2D eigenvalue weighted by Crippen LogP contribution is -2.38. The van der Waals surface area contributed by atoms with Crippen LogP contribution in [0.15, 0.2) is 48.5 Å². The second kappa shape index (κ2) is 8.61. The number of rotatable bonds is 6. The van der Waals surface area contributed by atoms with Crippen molar-refractivity contribution in [3.8, 4) is 28.7 Å². The molecule has 0 saturated carbocycles. The molecule has 1 radical (unpaired) electrons. The van der Waals surface area contributed by atoms with Gasteiger partial charge >= 0.3 is 0 Å². The molecule has 157 valence electrons. The van der Waals surface area contributed by atoms with Crippen molar-refractivity contribution in [2.45, 2.75) is 18.9 Å². The summed E-state index contributed by atoms with van der Waals surface area (Å²) >= 11 is 0. The van der Waals surface area contributed by atoms with Crippen molar-refractivity contribution >= 4 is 16.5 Å². The molecule has 3 aromatic carbocycles. The van der Waals surface area contributed by atoms with Crippen LogP contribution in [0.2, 0.25) is 0 Å². The second-order valence-electron chi connectivity index (χ2n) is 7.29. The van der Waals surface area contributed by atoms with E-state index >= 15 is 0 Å². The van der Waals surface area contributed by atoms with Gasteiger partial charge in [0, 0.05) is 54.5 Å². The molecule has 0 aliphatic carbocycles. The summed E-state index contributed by atoms with van der Waals surface area (Å²) < 4.78 is 22.4. The fraction of sp³-hybridized carbons (Fsp3) is 0.333. The molecule has 1 saturated heterocycles. The van der Waals surface area contributed by atoms with Gasteiger partial charge in [0.05, 0.1) is 21.3 Å². The Kier molecular flexibility index (Phi) is 5.74. The molecule has 3 aromatic rings. The minimum Gasteiger partial charge on any atom is -0.493 e. The minimum absolute atomic E-state index is 0.0648. The van der Waals surface area contributed by atoms with E-state index in [0.29, 0.717) is 23.0 Å². The van der Waals surface area contributed by atoms with Gasteiger partial charge < -0.3 is 23.8 Å². The fourth-order valence-corrected chi connectivity index (χ4v) is 4.07. The normalized spacial score (nSPS) is 14.6. The Balaban J connectivity index is 1.48.